The standard InChI is InChI=1S/C21H34N4O4S/c1-16(2)15-23-10-12-24(13-11-23)20-9-8-19(14-21(20)25(26)27)30(28,29)22-18-6-4-17(3)5-7-18/h8-9,14,16-18,22H,4-7,10-13,15H2,1-3H3. The van der Waals surface area contributed by atoms with Crippen molar-refractivity contribution in [3.8, 4) is 0 Å². The summed E-state index contributed by atoms with van der Waals surface area (Å²) >= 11 is 0. The van der Waals surface area contributed by atoms with E-state index in [1.807, 2.05) is 4.90 Å². The summed E-state index contributed by atoms with van der Waals surface area (Å²) in [6, 6.07) is 4.20. The average Bonchev–Trinajstić information content (AvgIpc) is 2.69. The van der Waals surface area contributed by atoms with Crippen LogP contribution in [-0.4, -0.2) is 57.0 Å². The van der Waals surface area contributed by atoms with Crippen LogP contribution in [0.25, 0.3) is 0 Å². The van der Waals surface area contributed by atoms with Gasteiger partial charge in [0.1, 0.15) is 5.69 Å². The van der Waals surface area contributed by atoms with Gasteiger partial charge in [0.05, 0.1) is 9.82 Å². The highest BCUT2D eigenvalue weighted by Crippen LogP contribution is 2.32. The smallest absolute Gasteiger partial charge is 0.293 e. The first-order valence-corrected chi connectivity index (χ1v) is 12.4. The number of nitrogens with one attached hydrogen (secondary N) is 1. The summed E-state index contributed by atoms with van der Waals surface area (Å²) in [5, 5.41) is 11.7. The molecule has 2 fully saturated rings. The molecule has 1 N–H and O–H groups in total. The van der Waals surface area contributed by atoms with Crippen molar-refractivity contribution in [3.05, 3.63) is 28.3 Å². The van der Waals surface area contributed by atoms with E-state index in [1.165, 1.54) is 12.1 Å². The highest BCUT2D eigenvalue weighted by molar-refractivity contribution is 7.89. The Morgan fingerprint density at radius 3 is 2.33 bits per heavy atom. The molecule has 3 rings (SSSR count). The number of sulfonamides is 1. The SMILES string of the molecule is CC(C)CN1CCN(c2ccc(S(=O)(=O)NC3CCC(C)CC3)cc2[N+](=O)[O-])CC1. The summed E-state index contributed by atoms with van der Waals surface area (Å²) in [5.74, 6) is 1.20. The molecule has 30 heavy (non-hydrogen) atoms. The molecule has 1 heterocycles. The van der Waals surface area contributed by atoms with Gasteiger partial charge in [-0.2, -0.15) is 0 Å². The van der Waals surface area contributed by atoms with Crippen molar-refractivity contribution < 1.29 is 13.3 Å². The molecule has 2 aliphatic rings. The molecule has 1 aromatic rings. The number of hydrogen-bond donors (Lipinski definition) is 1. The van der Waals surface area contributed by atoms with Crippen LogP contribution in [0.3, 0.4) is 0 Å². The highest BCUT2D eigenvalue weighted by atomic mass is 32.2. The van der Waals surface area contributed by atoms with Gasteiger partial charge in [0.25, 0.3) is 5.69 Å². The maximum absolute atomic E-state index is 12.8. The monoisotopic (exact) mass is 438 g/mol. The van der Waals surface area contributed by atoms with Crippen LogP contribution in [0.5, 0.6) is 0 Å². The molecule has 0 unspecified atom stereocenters. The maximum Gasteiger partial charge on any atom is 0.293 e. The van der Waals surface area contributed by atoms with Crippen molar-refractivity contribution >= 4 is 21.4 Å². The van der Waals surface area contributed by atoms with Crippen molar-refractivity contribution in [1.82, 2.24) is 9.62 Å². The zero-order valence-electron chi connectivity index (χ0n) is 18.2. The number of nitrogens with zero attached hydrogens (tertiary/aromatic N) is 3. The van der Waals surface area contributed by atoms with Gasteiger partial charge in [-0.05, 0) is 49.7 Å². The number of hydrogen-bond acceptors (Lipinski definition) is 6. The second-order valence-electron chi connectivity index (χ2n) is 9.17. The van der Waals surface area contributed by atoms with Crippen molar-refractivity contribution in [3.63, 3.8) is 0 Å². The van der Waals surface area contributed by atoms with E-state index in [0.29, 0.717) is 30.6 Å². The van der Waals surface area contributed by atoms with Crippen LogP contribution in [0.1, 0.15) is 46.5 Å². The molecular formula is C21H34N4O4S. The van der Waals surface area contributed by atoms with Gasteiger partial charge in [0.15, 0.2) is 0 Å². The molecule has 9 heteroatoms. The Kier molecular flexibility index (Phi) is 7.36. The molecule has 1 aliphatic carbocycles. The van der Waals surface area contributed by atoms with E-state index >= 15 is 0 Å². The number of nitro groups is 1. The van der Waals surface area contributed by atoms with Gasteiger partial charge < -0.3 is 4.90 Å². The fourth-order valence-electron chi connectivity index (χ4n) is 4.44. The molecule has 8 nitrogen and oxygen atoms in total. The van der Waals surface area contributed by atoms with Gasteiger partial charge in [-0.15, -0.1) is 0 Å². The predicted octanol–water partition coefficient (Wildman–Crippen LogP) is 3.23. The molecule has 0 spiro atoms. The molecule has 0 radical (unpaired) electrons. The Morgan fingerprint density at radius 2 is 1.77 bits per heavy atom. The number of benzene rings is 1. The first-order valence-electron chi connectivity index (χ1n) is 10.9. The topological polar surface area (TPSA) is 95.8 Å². The normalized spacial score (nSPS) is 23.7. The van der Waals surface area contributed by atoms with Crippen LogP contribution in [-0.2, 0) is 10.0 Å². The minimum absolute atomic E-state index is 0.0324. The van der Waals surface area contributed by atoms with Crippen LogP contribution < -0.4 is 9.62 Å². The lowest BCUT2D eigenvalue weighted by atomic mass is 9.88. The molecule has 1 saturated heterocycles. The maximum atomic E-state index is 12.8. The lowest BCUT2D eigenvalue weighted by molar-refractivity contribution is -0.384. The molecular weight excluding hydrogens is 404 g/mol. The number of anilines is 1. The number of nitro benzene ring substituents is 1. The zero-order valence-corrected chi connectivity index (χ0v) is 19.0. The molecule has 1 saturated carbocycles. The minimum atomic E-state index is -3.78. The lowest BCUT2D eigenvalue weighted by Gasteiger charge is -2.36. The first-order chi connectivity index (χ1) is 14.2. The Morgan fingerprint density at radius 1 is 1.13 bits per heavy atom. The average molecular weight is 439 g/mol. The molecule has 1 aromatic carbocycles. The quantitative estimate of drug-likeness (QED) is 0.519. The third-order valence-electron chi connectivity index (χ3n) is 6.13. The van der Waals surface area contributed by atoms with Crippen molar-refractivity contribution in [2.45, 2.75) is 57.4 Å². The Bertz CT molecular complexity index is 843. The molecule has 0 bridgehead atoms. The number of piperazine rings is 1. The van der Waals surface area contributed by atoms with E-state index < -0.39 is 14.9 Å². The van der Waals surface area contributed by atoms with E-state index in [-0.39, 0.29) is 16.6 Å². The summed E-state index contributed by atoms with van der Waals surface area (Å²) in [4.78, 5) is 15.6. The van der Waals surface area contributed by atoms with Crippen LogP contribution >= 0.6 is 0 Å². The second-order valence-corrected chi connectivity index (χ2v) is 10.9. The molecule has 1 aliphatic heterocycles. The summed E-state index contributed by atoms with van der Waals surface area (Å²) in [6.45, 7) is 10.6. The van der Waals surface area contributed by atoms with Crippen LogP contribution in [0.15, 0.2) is 23.1 Å². The lowest BCUT2D eigenvalue weighted by Crippen LogP contribution is -2.47. The highest BCUT2D eigenvalue weighted by Gasteiger charge is 2.29. The van der Waals surface area contributed by atoms with E-state index in [2.05, 4.69) is 30.4 Å². The van der Waals surface area contributed by atoms with Crippen molar-refractivity contribution in [2.24, 2.45) is 11.8 Å². The van der Waals surface area contributed by atoms with E-state index in [9.17, 15) is 18.5 Å². The molecule has 0 atom stereocenters. The van der Waals surface area contributed by atoms with E-state index in [4.69, 9.17) is 0 Å². The fourth-order valence-corrected chi connectivity index (χ4v) is 5.76. The summed E-state index contributed by atoms with van der Waals surface area (Å²) in [5.41, 5.74) is 0.349. The Hall–Kier alpha value is -1.71. The minimum Gasteiger partial charge on any atom is -0.363 e. The van der Waals surface area contributed by atoms with Crippen molar-refractivity contribution in [1.29, 1.82) is 0 Å². The van der Waals surface area contributed by atoms with Gasteiger partial charge in [0, 0.05) is 44.8 Å². The predicted molar refractivity (Wildman–Crippen MR) is 118 cm³/mol. The first kappa shape index (κ1) is 23.0. The van der Waals surface area contributed by atoms with Crippen LogP contribution in [0, 0.1) is 22.0 Å². The van der Waals surface area contributed by atoms with Gasteiger partial charge in [0.2, 0.25) is 10.0 Å². The largest absolute Gasteiger partial charge is 0.363 e. The van der Waals surface area contributed by atoms with Crippen LogP contribution in [0.2, 0.25) is 0 Å². The molecule has 168 valence electrons. The zero-order chi connectivity index (χ0) is 21.9. The Labute approximate surface area is 179 Å². The van der Waals surface area contributed by atoms with E-state index in [1.54, 1.807) is 6.07 Å². The van der Waals surface area contributed by atoms with Crippen LogP contribution in [0.4, 0.5) is 11.4 Å². The number of rotatable bonds is 7. The van der Waals surface area contributed by atoms with Gasteiger partial charge in [-0.1, -0.05) is 20.8 Å². The third-order valence-corrected chi connectivity index (χ3v) is 7.65. The summed E-state index contributed by atoms with van der Waals surface area (Å²) < 4.78 is 28.4. The second kappa shape index (κ2) is 9.62. The summed E-state index contributed by atoms with van der Waals surface area (Å²) in [6.07, 6.45) is 3.60. The van der Waals surface area contributed by atoms with Gasteiger partial charge in [-0.3, -0.25) is 15.0 Å². The molecule has 0 aromatic heterocycles. The molecule has 0 amide bonds. The van der Waals surface area contributed by atoms with Crippen molar-refractivity contribution in [2.75, 3.05) is 37.6 Å². The Balaban J connectivity index is 1.74. The van der Waals surface area contributed by atoms with Gasteiger partial charge >= 0.3 is 0 Å². The van der Waals surface area contributed by atoms with E-state index in [0.717, 1.165) is 45.3 Å². The third kappa shape index (κ3) is 5.70. The van der Waals surface area contributed by atoms with Gasteiger partial charge in [-0.25, -0.2) is 13.1 Å². The summed E-state index contributed by atoms with van der Waals surface area (Å²) in [7, 11) is -3.78. The fraction of sp³-hybridized carbons (Fsp3) is 0.714.